The first kappa shape index (κ1) is 29.1. The zero-order valence-corrected chi connectivity index (χ0v) is 23.5. The van der Waals surface area contributed by atoms with Crippen LogP contribution in [-0.2, 0) is 21.4 Å². The van der Waals surface area contributed by atoms with E-state index < -0.39 is 24.0 Å². The predicted molar refractivity (Wildman–Crippen MR) is 154 cm³/mol. The first-order chi connectivity index (χ1) is 19.7. The Bertz CT molecular complexity index is 1360. The highest BCUT2D eigenvalue weighted by Gasteiger charge is 2.49. The lowest BCUT2D eigenvalue weighted by atomic mass is 9.73. The number of rotatable bonds is 9. The van der Waals surface area contributed by atoms with E-state index in [4.69, 9.17) is 11.6 Å². The molecular formula is C32H33ClF3N3O2. The third-order valence-electron chi connectivity index (χ3n) is 8.15. The van der Waals surface area contributed by atoms with E-state index in [0.29, 0.717) is 37.4 Å². The Kier molecular flexibility index (Phi) is 8.71. The number of carbonyl (C=O) groups excluding carboxylic acids is 2. The molecule has 5 rings (SSSR count). The van der Waals surface area contributed by atoms with Gasteiger partial charge in [0.1, 0.15) is 12.0 Å². The van der Waals surface area contributed by atoms with E-state index in [1.807, 2.05) is 71.6 Å². The molecule has 9 heteroatoms. The van der Waals surface area contributed by atoms with Gasteiger partial charge in [0.15, 0.2) is 0 Å². The first-order valence-electron chi connectivity index (χ1n) is 14.0. The van der Waals surface area contributed by atoms with E-state index >= 15 is 0 Å². The minimum atomic E-state index is -4.49. The summed E-state index contributed by atoms with van der Waals surface area (Å²) in [5.41, 5.74) is 3.02. The van der Waals surface area contributed by atoms with Gasteiger partial charge >= 0.3 is 6.18 Å². The fraction of sp³-hybridized carbons (Fsp3) is 0.375. The van der Waals surface area contributed by atoms with Gasteiger partial charge in [0.25, 0.3) is 0 Å². The van der Waals surface area contributed by atoms with Gasteiger partial charge in [0.05, 0.1) is 6.42 Å². The smallest absolute Gasteiger partial charge is 0.346 e. The van der Waals surface area contributed by atoms with Gasteiger partial charge in [-0.15, -0.1) is 0 Å². The number of hydrogen-bond acceptors (Lipinski definition) is 3. The minimum absolute atomic E-state index is 0.0808. The third kappa shape index (κ3) is 6.44. The van der Waals surface area contributed by atoms with Crippen molar-refractivity contribution in [3.63, 3.8) is 0 Å². The molecule has 3 aromatic carbocycles. The Morgan fingerprint density at radius 2 is 1.49 bits per heavy atom. The monoisotopic (exact) mass is 583 g/mol. The van der Waals surface area contributed by atoms with Crippen molar-refractivity contribution in [3.8, 4) is 11.1 Å². The topological polar surface area (TPSA) is 52.7 Å². The van der Waals surface area contributed by atoms with Crippen LogP contribution in [0.2, 0.25) is 5.02 Å². The van der Waals surface area contributed by atoms with Crippen LogP contribution in [0.15, 0.2) is 72.8 Å². The molecule has 2 aliphatic rings. The number of fused-ring (bicyclic) bond motifs is 3. The fourth-order valence-electron chi connectivity index (χ4n) is 6.16. The van der Waals surface area contributed by atoms with Crippen LogP contribution in [0.4, 0.5) is 13.2 Å². The van der Waals surface area contributed by atoms with Gasteiger partial charge in [-0.25, -0.2) is 0 Å². The van der Waals surface area contributed by atoms with Gasteiger partial charge in [-0.1, -0.05) is 78.7 Å². The van der Waals surface area contributed by atoms with Crippen molar-refractivity contribution in [1.82, 2.24) is 15.1 Å². The molecule has 1 aliphatic carbocycles. The molecule has 1 fully saturated rings. The van der Waals surface area contributed by atoms with Crippen molar-refractivity contribution < 1.29 is 22.8 Å². The molecule has 0 aromatic heterocycles. The van der Waals surface area contributed by atoms with Crippen molar-refractivity contribution in [1.29, 1.82) is 0 Å². The van der Waals surface area contributed by atoms with Gasteiger partial charge in [0.2, 0.25) is 11.8 Å². The molecule has 0 radical (unpaired) electrons. The standard InChI is InChI=1S/C32H33ClF3N3O2/c33-24-9-7-8-23(20-24)21-29(40)39-18-16-38(17-19-39)15-6-5-14-31(30(41)37-22-32(34,35)36)27-12-3-1-10-25(27)26-11-2-4-13-28(26)31/h1-4,7-13,20H,5-6,14-19,21-22H2,(H,37,41). The average Bonchev–Trinajstić information content (AvgIpc) is 3.25. The summed E-state index contributed by atoms with van der Waals surface area (Å²) in [5, 5.41) is 2.81. The van der Waals surface area contributed by atoms with Crippen LogP contribution in [-0.4, -0.2) is 67.1 Å². The number of amides is 2. The number of nitrogens with zero attached hydrogens (tertiary/aromatic N) is 2. The molecule has 0 spiro atoms. The fourth-order valence-corrected chi connectivity index (χ4v) is 6.38. The maximum absolute atomic E-state index is 13.6. The van der Waals surface area contributed by atoms with E-state index in [1.54, 1.807) is 6.07 Å². The van der Waals surface area contributed by atoms with Gasteiger partial charge in [0, 0.05) is 31.2 Å². The highest BCUT2D eigenvalue weighted by Crippen LogP contribution is 2.51. The molecule has 1 heterocycles. The summed E-state index contributed by atoms with van der Waals surface area (Å²) in [6.07, 6.45) is -2.32. The van der Waals surface area contributed by atoms with Gasteiger partial charge in [-0.05, 0) is 59.3 Å². The molecule has 1 N–H and O–H groups in total. The molecule has 3 aromatic rings. The Morgan fingerprint density at radius 1 is 0.854 bits per heavy atom. The predicted octanol–water partition coefficient (Wildman–Crippen LogP) is 5.84. The molecule has 0 atom stereocenters. The molecule has 2 amide bonds. The summed E-state index contributed by atoms with van der Waals surface area (Å²) in [6.45, 7) is 2.22. The maximum Gasteiger partial charge on any atom is 0.405 e. The molecule has 1 saturated heterocycles. The number of piperazine rings is 1. The molecule has 216 valence electrons. The minimum Gasteiger partial charge on any atom is -0.346 e. The highest BCUT2D eigenvalue weighted by atomic mass is 35.5. The highest BCUT2D eigenvalue weighted by molar-refractivity contribution is 6.30. The lowest BCUT2D eigenvalue weighted by Gasteiger charge is -2.35. The lowest BCUT2D eigenvalue weighted by molar-refractivity contribution is -0.141. The van der Waals surface area contributed by atoms with Crippen LogP contribution in [0.3, 0.4) is 0 Å². The molecule has 0 saturated carbocycles. The average molecular weight is 584 g/mol. The zero-order chi connectivity index (χ0) is 29.0. The van der Waals surface area contributed by atoms with Crippen LogP contribution >= 0.6 is 11.6 Å². The molecule has 0 unspecified atom stereocenters. The Hall–Kier alpha value is -3.36. The van der Waals surface area contributed by atoms with Gasteiger partial charge in [-0.2, -0.15) is 13.2 Å². The normalized spacial score (nSPS) is 16.2. The lowest BCUT2D eigenvalue weighted by Crippen LogP contribution is -2.49. The van der Waals surface area contributed by atoms with Crippen LogP contribution in [0, 0.1) is 0 Å². The van der Waals surface area contributed by atoms with E-state index in [2.05, 4.69) is 10.2 Å². The molecule has 41 heavy (non-hydrogen) atoms. The van der Waals surface area contributed by atoms with E-state index in [-0.39, 0.29) is 5.91 Å². The molecule has 5 nitrogen and oxygen atoms in total. The number of hydrogen-bond donors (Lipinski definition) is 1. The van der Waals surface area contributed by atoms with Crippen LogP contribution in [0.25, 0.3) is 11.1 Å². The summed E-state index contributed by atoms with van der Waals surface area (Å²) >= 11 is 6.05. The van der Waals surface area contributed by atoms with Gasteiger partial charge < -0.3 is 10.2 Å². The molecule has 0 bridgehead atoms. The number of halogens is 4. The Labute approximate surface area is 243 Å². The number of benzene rings is 3. The quantitative estimate of drug-likeness (QED) is 0.322. The summed E-state index contributed by atoms with van der Waals surface area (Å²) in [4.78, 5) is 30.6. The van der Waals surface area contributed by atoms with E-state index in [0.717, 1.165) is 53.9 Å². The second kappa shape index (κ2) is 12.2. The summed E-state index contributed by atoms with van der Waals surface area (Å²) in [5.74, 6) is -0.531. The van der Waals surface area contributed by atoms with Crippen molar-refractivity contribution in [2.75, 3.05) is 39.3 Å². The van der Waals surface area contributed by atoms with Crippen molar-refractivity contribution in [2.45, 2.75) is 37.3 Å². The summed E-state index contributed by atoms with van der Waals surface area (Å²) in [6, 6.07) is 22.4. The molecular weight excluding hydrogens is 551 g/mol. The van der Waals surface area contributed by atoms with E-state index in [1.165, 1.54) is 0 Å². The second-order valence-corrected chi connectivity index (χ2v) is 11.2. The van der Waals surface area contributed by atoms with Crippen LogP contribution in [0.5, 0.6) is 0 Å². The van der Waals surface area contributed by atoms with Gasteiger partial charge in [-0.3, -0.25) is 14.5 Å². The first-order valence-corrected chi connectivity index (χ1v) is 14.3. The third-order valence-corrected chi connectivity index (χ3v) is 8.38. The zero-order valence-electron chi connectivity index (χ0n) is 22.7. The second-order valence-electron chi connectivity index (χ2n) is 10.8. The van der Waals surface area contributed by atoms with Crippen LogP contribution < -0.4 is 5.32 Å². The Morgan fingerprint density at radius 3 is 2.10 bits per heavy atom. The number of nitrogens with one attached hydrogen (secondary N) is 1. The summed E-state index contributed by atoms with van der Waals surface area (Å²) in [7, 11) is 0. The summed E-state index contributed by atoms with van der Waals surface area (Å²) < 4.78 is 39.3. The maximum atomic E-state index is 13.6. The number of unbranched alkanes of at least 4 members (excludes halogenated alkanes) is 1. The largest absolute Gasteiger partial charge is 0.405 e. The van der Waals surface area contributed by atoms with E-state index in [9.17, 15) is 22.8 Å². The number of alkyl halides is 3. The van der Waals surface area contributed by atoms with Crippen molar-refractivity contribution >= 4 is 23.4 Å². The van der Waals surface area contributed by atoms with Crippen molar-refractivity contribution in [2.24, 2.45) is 0 Å². The number of carbonyl (C=O) groups is 2. The molecule has 1 aliphatic heterocycles. The SMILES string of the molecule is O=C(Cc1cccc(Cl)c1)N1CCN(CCCCC2(C(=O)NCC(F)(F)F)c3ccccc3-c3ccccc32)CC1. The van der Waals surface area contributed by atoms with Crippen LogP contribution in [0.1, 0.15) is 36.0 Å². The Balaban J connectivity index is 1.21. The van der Waals surface area contributed by atoms with Crippen molar-refractivity contribution in [3.05, 3.63) is 94.5 Å².